The van der Waals surface area contributed by atoms with E-state index in [9.17, 15) is 18.7 Å². The molecule has 110 valence electrons. The van der Waals surface area contributed by atoms with E-state index in [1.54, 1.807) is 0 Å². The lowest BCUT2D eigenvalue weighted by Gasteiger charge is -2.09. The average Bonchev–Trinajstić information content (AvgIpc) is 2.44. The van der Waals surface area contributed by atoms with Crippen LogP contribution >= 0.6 is 0 Å². The molecule has 0 fully saturated rings. The summed E-state index contributed by atoms with van der Waals surface area (Å²) >= 11 is 0. The van der Waals surface area contributed by atoms with E-state index in [1.807, 2.05) is 0 Å². The highest BCUT2D eigenvalue weighted by atomic mass is 19.1. The zero-order valence-electron chi connectivity index (χ0n) is 11.1. The zero-order valence-corrected chi connectivity index (χ0v) is 11.1. The van der Waals surface area contributed by atoms with Gasteiger partial charge in [-0.25, -0.2) is 8.78 Å². The highest BCUT2D eigenvalue weighted by molar-refractivity contribution is 5.97. The number of benzene rings is 2. The summed E-state index contributed by atoms with van der Waals surface area (Å²) in [5, 5.41) is 12.4. The molecule has 0 saturated heterocycles. The average molecular weight is 292 g/mol. The molecule has 0 bridgehead atoms. The van der Waals surface area contributed by atoms with Crippen LogP contribution < -0.4 is 11.1 Å². The lowest BCUT2D eigenvalue weighted by Crippen LogP contribution is -2.29. The number of nitrogens with two attached hydrogens (primary N) is 1. The molecule has 0 aromatic heterocycles. The molecule has 0 atom stereocenters. The second kappa shape index (κ2) is 6.32. The number of carbonyl (C=O) groups is 1. The second-order valence-corrected chi connectivity index (χ2v) is 4.40. The number of hydrogen-bond acceptors (Lipinski definition) is 3. The van der Waals surface area contributed by atoms with Crippen molar-refractivity contribution in [2.75, 3.05) is 13.1 Å². The minimum Gasteiger partial charge on any atom is -0.507 e. The summed E-state index contributed by atoms with van der Waals surface area (Å²) in [5.41, 5.74) is 5.82. The number of rotatable bonds is 4. The van der Waals surface area contributed by atoms with Crippen molar-refractivity contribution in [3.05, 3.63) is 53.6 Å². The maximum atomic E-state index is 13.7. The summed E-state index contributed by atoms with van der Waals surface area (Å²) in [6, 6.07) is 7.26. The van der Waals surface area contributed by atoms with Gasteiger partial charge >= 0.3 is 0 Å². The molecule has 4 N–H and O–H groups in total. The smallest absolute Gasteiger partial charge is 0.255 e. The third kappa shape index (κ3) is 3.35. The van der Waals surface area contributed by atoms with E-state index in [0.29, 0.717) is 5.56 Å². The Kier molecular flexibility index (Phi) is 4.49. The quantitative estimate of drug-likeness (QED) is 0.807. The monoisotopic (exact) mass is 292 g/mol. The maximum Gasteiger partial charge on any atom is 0.255 e. The highest BCUT2D eigenvalue weighted by Gasteiger charge is 2.13. The summed E-state index contributed by atoms with van der Waals surface area (Å²) in [5.74, 6) is -2.18. The molecule has 21 heavy (non-hydrogen) atoms. The Morgan fingerprint density at radius 3 is 2.57 bits per heavy atom. The fourth-order valence-electron chi connectivity index (χ4n) is 1.90. The van der Waals surface area contributed by atoms with E-state index < -0.39 is 17.5 Å². The fraction of sp³-hybridized carbons (Fsp3) is 0.133. The summed E-state index contributed by atoms with van der Waals surface area (Å²) in [6.45, 7) is 0.567. The molecule has 0 aliphatic heterocycles. The van der Waals surface area contributed by atoms with Crippen LogP contribution in [0.15, 0.2) is 36.4 Å². The first-order valence-electron chi connectivity index (χ1n) is 6.29. The molecule has 0 aliphatic carbocycles. The van der Waals surface area contributed by atoms with Crippen LogP contribution in [0.3, 0.4) is 0 Å². The zero-order chi connectivity index (χ0) is 15.4. The van der Waals surface area contributed by atoms with Crippen molar-refractivity contribution < 1.29 is 18.7 Å². The van der Waals surface area contributed by atoms with E-state index in [4.69, 9.17) is 5.73 Å². The number of amides is 1. The van der Waals surface area contributed by atoms with Crippen LogP contribution in [-0.2, 0) is 0 Å². The molecular formula is C15H14F2N2O2. The van der Waals surface area contributed by atoms with Crippen molar-refractivity contribution >= 4 is 5.91 Å². The summed E-state index contributed by atoms with van der Waals surface area (Å²) in [7, 11) is 0. The third-order valence-corrected chi connectivity index (χ3v) is 2.91. The van der Waals surface area contributed by atoms with Crippen molar-refractivity contribution in [1.29, 1.82) is 0 Å². The van der Waals surface area contributed by atoms with E-state index in [1.165, 1.54) is 24.3 Å². The molecule has 2 aromatic rings. The van der Waals surface area contributed by atoms with Gasteiger partial charge in [0.1, 0.15) is 17.4 Å². The van der Waals surface area contributed by atoms with E-state index in [-0.39, 0.29) is 30.0 Å². The molecule has 2 aromatic carbocycles. The molecule has 0 heterocycles. The number of carbonyl (C=O) groups excluding carboxylic acids is 1. The van der Waals surface area contributed by atoms with Gasteiger partial charge in [-0.05, 0) is 29.8 Å². The van der Waals surface area contributed by atoms with Gasteiger partial charge in [-0.15, -0.1) is 0 Å². The number of aromatic hydroxyl groups is 1. The van der Waals surface area contributed by atoms with E-state index in [0.717, 1.165) is 12.1 Å². The normalized spacial score (nSPS) is 10.4. The van der Waals surface area contributed by atoms with Gasteiger partial charge in [0, 0.05) is 24.7 Å². The Hall–Kier alpha value is -2.47. The van der Waals surface area contributed by atoms with E-state index >= 15 is 0 Å². The van der Waals surface area contributed by atoms with Crippen LogP contribution in [0.2, 0.25) is 0 Å². The van der Waals surface area contributed by atoms with Crippen LogP contribution in [0.25, 0.3) is 11.1 Å². The summed E-state index contributed by atoms with van der Waals surface area (Å²) < 4.78 is 26.6. The molecule has 0 saturated carbocycles. The third-order valence-electron chi connectivity index (χ3n) is 2.91. The van der Waals surface area contributed by atoms with Crippen LogP contribution in [0, 0.1) is 11.6 Å². The molecule has 4 nitrogen and oxygen atoms in total. The molecule has 2 rings (SSSR count). The van der Waals surface area contributed by atoms with Gasteiger partial charge in [0.2, 0.25) is 0 Å². The topological polar surface area (TPSA) is 75.3 Å². The summed E-state index contributed by atoms with van der Waals surface area (Å²) in [4.78, 5) is 11.7. The first kappa shape index (κ1) is 14.9. The van der Waals surface area contributed by atoms with Gasteiger partial charge in [-0.2, -0.15) is 0 Å². The predicted octanol–water partition coefficient (Wildman–Crippen LogP) is 2.03. The standard InChI is InChI=1S/C15H14F2N2O2/c16-10-2-4-11(13(17)8-10)9-1-3-12(14(20)7-9)15(21)19-6-5-18/h1-4,7-8,20H,5-6,18H2,(H,19,21). The van der Waals surface area contributed by atoms with Crippen LogP contribution in [-0.4, -0.2) is 24.1 Å². The van der Waals surface area contributed by atoms with Crippen LogP contribution in [0.4, 0.5) is 8.78 Å². The van der Waals surface area contributed by atoms with Crippen molar-refractivity contribution in [3.8, 4) is 16.9 Å². The van der Waals surface area contributed by atoms with Crippen LogP contribution in [0.5, 0.6) is 5.75 Å². The van der Waals surface area contributed by atoms with Crippen molar-refractivity contribution in [3.63, 3.8) is 0 Å². The van der Waals surface area contributed by atoms with Crippen molar-refractivity contribution in [2.45, 2.75) is 0 Å². The molecule has 0 unspecified atom stereocenters. The fourth-order valence-corrected chi connectivity index (χ4v) is 1.90. The first-order valence-corrected chi connectivity index (χ1v) is 6.29. The number of phenolic OH excluding ortho intramolecular Hbond substituents is 1. The molecule has 1 amide bonds. The van der Waals surface area contributed by atoms with Gasteiger partial charge in [-0.1, -0.05) is 6.07 Å². The van der Waals surface area contributed by atoms with Gasteiger partial charge in [-0.3, -0.25) is 4.79 Å². The number of halogens is 2. The first-order chi connectivity index (χ1) is 10.0. The largest absolute Gasteiger partial charge is 0.507 e. The molecule has 0 spiro atoms. The lowest BCUT2D eigenvalue weighted by molar-refractivity contribution is 0.0952. The maximum absolute atomic E-state index is 13.7. The predicted molar refractivity (Wildman–Crippen MR) is 74.8 cm³/mol. The number of hydrogen-bond donors (Lipinski definition) is 3. The molecular weight excluding hydrogens is 278 g/mol. The van der Waals surface area contributed by atoms with Gasteiger partial charge in [0.05, 0.1) is 5.56 Å². The lowest BCUT2D eigenvalue weighted by atomic mass is 10.0. The summed E-state index contributed by atoms with van der Waals surface area (Å²) in [6.07, 6.45) is 0. The van der Waals surface area contributed by atoms with Gasteiger partial charge in [0.25, 0.3) is 5.91 Å². The van der Waals surface area contributed by atoms with Crippen molar-refractivity contribution in [1.82, 2.24) is 5.32 Å². The Bertz CT molecular complexity index is 675. The molecule has 6 heteroatoms. The highest BCUT2D eigenvalue weighted by Crippen LogP contribution is 2.28. The minimum absolute atomic E-state index is 0.0646. The van der Waals surface area contributed by atoms with Crippen molar-refractivity contribution in [2.24, 2.45) is 5.73 Å². The van der Waals surface area contributed by atoms with Gasteiger partial charge in [0.15, 0.2) is 0 Å². The Labute approximate surface area is 120 Å². The van der Waals surface area contributed by atoms with Gasteiger partial charge < -0.3 is 16.2 Å². The van der Waals surface area contributed by atoms with E-state index in [2.05, 4.69) is 5.32 Å². The molecule has 0 aliphatic rings. The Morgan fingerprint density at radius 2 is 1.95 bits per heavy atom. The second-order valence-electron chi connectivity index (χ2n) is 4.40. The van der Waals surface area contributed by atoms with Crippen LogP contribution in [0.1, 0.15) is 10.4 Å². The minimum atomic E-state index is -0.741. The number of phenols is 1. The molecule has 0 radical (unpaired) electrons. The Morgan fingerprint density at radius 1 is 1.19 bits per heavy atom. The number of nitrogens with one attached hydrogen (secondary N) is 1. The SMILES string of the molecule is NCCNC(=O)c1ccc(-c2ccc(F)cc2F)cc1O. The Balaban J connectivity index is 2.32.